The van der Waals surface area contributed by atoms with Gasteiger partial charge in [-0.25, -0.2) is 0 Å². The van der Waals surface area contributed by atoms with E-state index in [1.807, 2.05) is 25.8 Å². The number of amides is 1. The van der Waals surface area contributed by atoms with Crippen LogP contribution < -0.4 is 5.32 Å². The summed E-state index contributed by atoms with van der Waals surface area (Å²) in [6.07, 6.45) is 0.982. The van der Waals surface area contributed by atoms with Crippen LogP contribution in [0.3, 0.4) is 0 Å². The van der Waals surface area contributed by atoms with E-state index in [4.69, 9.17) is 0 Å². The Hall–Kier alpha value is -0.570. The van der Waals surface area contributed by atoms with Crippen molar-refractivity contribution < 1.29 is 4.79 Å². The van der Waals surface area contributed by atoms with Crippen molar-refractivity contribution in [3.8, 4) is 0 Å². The minimum Gasteiger partial charge on any atom is -0.342 e. The molecule has 1 heterocycles. The van der Waals surface area contributed by atoms with E-state index in [0.29, 0.717) is 12.0 Å². The number of hydrogen-bond acceptors (Lipinski definition) is 2. The first-order valence-corrected chi connectivity index (χ1v) is 5.02. The molecule has 0 aromatic heterocycles. The van der Waals surface area contributed by atoms with Gasteiger partial charge in [0.1, 0.15) is 0 Å². The van der Waals surface area contributed by atoms with E-state index in [2.05, 4.69) is 12.2 Å². The minimum absolute atomic E-state index is 0.0578. The molecule has 0 bridgehead atoms. The van der Waals surface area contributed by atoms with Gasteiger partial charge in [0, 0.05) is 13.1 Å². The molecule has 2 atom stereocenters. The summed E-state index contributed by atoms with van der Waals surface area (Å²) in [6, 6.07) is 0.354. The average Bonchev–Trinajstić information content (AvgIpc) is 2.49. The Bertz CT molecular complexity index is 191. The summed E-state index contributed by atoms with van der Waals surface area (Å²) < 4.78 is 0. The van der Waals surface area contributed by atoms with Crippen LogP contribution in [0.25, 0.3) is 0 Å². The van der Waals surface area contributed by atoms with Gasteiger partial charge in [0.2, 0.25) is 5.91 Å². The predicted octanol–water partition coefficient (Wildman–Crippen LogP) is 0.851. The van der Waals surface area contributed by atoms with Crippen molar-refractivity contribution >= 4 is 5.91 Å². The fourth-order valence-electron chi connectivity index (χ4n) is 1.60. The Balaban J connectivity index is 2.48. The highest BCUT2D eigenvalue weighted by atomic mass is 16.2. The third-order valence-electron chi connectivity index (χ3n) is 2.77. The summed E-state index contributed by atoms with van der Waals surface area (Å²) in [6.45, 7) is 7.23. The van der Waals surface area contributed by atoms with Crippen LogP contribution in [0.5, 0.6) is 0 Å². The Morgan fingerprint density at radius 1 is 1.54 bits per heavy atom. The van der Waals surface area contributed by atoms with Crippen molar-refractivity contribution in [2.75, 3.05) is 13.6 Å². The molecule has 2 unspecified atom stereocenters. The minimum atomic E-state index is 0.0578. The molecule has 0 aromatic carbocycles. The van der Waals surface area contributed by atoms with Crippen LogP contribution in [0.4, 0.5) is 0 Å². The SMILES string of the molecule is CC1CNC(C(=O)N(C)C(C)C)C1. The van der Waals surface area contributed by atoms with Crippen LogP contribution in [0.1, 0.15) is 27.2 Å². The van der Waals surface area contributed by atoms with E-state index in [1.165, 1.54) is 0 Å². The molecular weight excluding hydrogens is 164 g/mol. The lowest BCUT2D eigenvalue weighted by Gasteiger charge is -2.24. The molecule has 0 spiro atoms. The van der Waals surface area contributed by atoms with Gasteiger partial charge >= 0.3 is 0 Å². The Morgan fingerprint density at radius 3 is 2.54 bits per heavy atom. The van der Waals surface area contributed by atoms with Crippen LogP contribution in [0, 0.1) is 5.92 Å². The molecule has 1 N–H and O–H groups in total. The van der Waals surface area contributed by atoms with Gasteiger partial charge in [0.05, 0.1) is 6.04 Å². The zero-order valence-electron chi connectivity index (χ0n) is 9.00. The third-order valence-corrected chi connectivity index (χ3v) is 2.77. The largest absolute Gasteiger partial charge is 0.342 e. The molecule has 1 aliphatic rings. The standard InChI is InChI=1S/C10H20N2O/c1-7(2)12(4)10(13)9-5-8(3)6-11-9/h7-9,11H,5-6H2,1-4H3. The van der Waals surface area contributed by atoms with Gasteiger partial charge in [-0.15, -0.1) is 0 Å². The zero-order chi connectivity index (χ0) is 10.0. The Labute approximate surface area is 80.5 Å². The molecule has 3 heteroatoms. The lowest BCUT2D eigenvalue weighted by Crippen LogP contribution is -2.44. The van der Waals surface area contributed by atoms with Crippen LogP contribution >= 0.6 is 0 Å². The monoisotopic (exact) mass is 184 g/mol. The third kappa shape index (κ3) is 2.44. The lowest BCUT2D eigenvalue weighted by molar-refractivity contribution is -0.133. The summed E-state index contributed by atoms with van der Waals surface area (Å²) in [5.74, 6) is 0.869. The predicted molar refractivity (Wildman–Crippen MR) is 53.5 cm³/mol. The van der Waals surface area contributed by atoms with Gasteiger partial charge in [-0.1, -0.05) is 6.92 Å². The molecule has 3 nitrogen and oxygen atoms in total. The van der Waals surface area contributed by atoms with Crippen LogP contribution in [0.15, 0.2) is 0 Å². The van der Waals surface area contributed by atoms with E-state index in [1.54, 1.807) is 0 Å². The summed E-state index contributed by atoms with van der Waals surface area (Å²) in [5.41, 5.74) is 0. The second-order valence-corrected chi connectivity index (χ2v) is 4.34. The highest BCUT2D eigenvalue weighted by Crippen LogP contribution is 2.15. The molecule has 0 aromatic rings. The first kappa shape index (κ1) is 10.5. The molecule has 0 radical (unpaired) electrons. The molecule has 1 aliphatic heterocycles. The number of hydrogen-bond donors (Lipinski definition) is 1. The van der Waals surface area contributed by atoms with E-state index in [9.17, 15) is 4.79 Å². The summed E-state index contributed by atoms with van der Waals surface area (Å²) in [4.78, 5) is 13.6. The molecular formula is C10H20N2O. The van der Waals surface area contributed by atoms with E-state index >= 15 is 0 Å². The van der Waals surface area contributed by atoms with Crippen molar-refractivity contribution in [2.24, 2.45) is 5.92 Å². The van der Waals surface area contributed by atoms with Crippen LogP contribution in [0.2, 0.25) is 0 Å². The maximum absolute atomic E-state index is 11.8. The first-order valence-electron chi connectivity index (χ1n) is 5.02. The topological polar surface area (TPSA) is 32.3 Å². The molecule has 1 amide bonds. The Kier molecular flexibility index (Phi) is 3.31. The van der Waals surface area contributed by atoms with Crippen molar-refractivity contribution in [3.63, 3.8) is 0 Å². The fraction of sp³-hybridized carbons (Fsp3) is 0.900. The molecule has 76 valence electrons. The first-order chi connectivity index (χ1) is 6.02. The van der Waals surface area contributed by atoms with Gasteiger partial charge in [-0.05, 0) is 32.7 Å². The number of nitrogens with zero attached hydrogens (tertiary/aromatic N) is 1. The lowest BCUT2D eigenvalue weighted by atomic mass is 10.1. The van der Waals surface area contributed by atoms with Crippen molar-refractivity contribution in [3.05, 3.63) is 0 Å². The van der Waals surface area contributed by atoms with Gasteiger partial charge in [0.25, 0.3) is 0 Å². The van der Waals surface area contributed by atoms with E-state index in [0.717, 1.165) is 13.0 Å². The summed E-state index contributed by atoms with van der Waals surface area (Å²) in [7, 11) is 1.87. The van der Waals surface area contributed by atoms with Crippen LogP contribution in [-0.2, 0) is 4.79 Å². The molecule has 0 saturated carbocycles. The normalized spacial score (nSPS) is 28.1. The van der Waals surface area contributed by atoms with Crippen molar-refractivity contribution in [2.45, 2.75) is 39.3 Å². The summed E-state index contributed by atoms with van der Waals surface area (Å²) in [5, 5.41) is 3.25. The van der Waals surface area contributed by atoms with Gasteiger partial charge < -0.3 is 10.2 Å². The quantitative estimate of drug-likeness (QED) is 0.690. The number of rotatable bonds is 2. The van der Waals surface area contributed by atoms with Gasteiger partial charge in [-0.2, -0.15) is 0 Å². The molecule has 1 saturated heterocycles. The number of nitrogens with one attached hydrogen (secondary N) is 1. The van der Waals surface area contributed by atoms with E-state index < -0.39 is 0 Å². The highest BCUT2D eigenvalue weighted by molar-refractivity contribution is 5.82. The molecule has 13 heavy (non-hydrogen) atoms. The summed E-state index contributed by atoms with van der Waals surface area (Å²) >= 11 is 0. The number of carbonyl (C=O) groups is 1. The second kappa shape index (κ2) is 4.09. The molecule has 1 fully saturated rings. The van der Waals surface area contributed by atoms with Gasteiger partial charge in [-0.3, -0.25) is 4.79 Å². The van der Waals surface area contributed by atoms with Gasteiger partial charge in [0.15, 0.2) is 0 Å². The smallest absolute Gasteiger partial charge is 0.239 e. The van der Waals surface area contributed by atoms with E-state index in [-0.39, 0.29) is 11.9 Å². The fourth-order valence-corrected chi connectivity index (χ4v) is 1.60. The number of carbonyl (C=O) groups excluding carboxylic acids is 1. The number of likely N-dealkylation sites (N-methyl/N-ethyl adjacent to an activating group) is 1. The maximum Gasteiger partial charge on any atom is 0.239 e. The average molecular weight is 184 g/mol. The second-order valence-electron chi connectivity index (χ2n) is 4.34. The van der Waals surface area contributed by atoms with Crippen molar-refractivity contribution in [1.29, 1.82) is 0 Å². The molecule has 1 rings (SSSR count). The Morgan fingerprint density at radius 2 is 2.15 bits per heavy atom. The highest BCUT2D eigenvalue weighted by Gasteiger charge is 2.29. The van der Waals surface area contributed by atoms with Crippen LogP contribution in [-0.4, -0.2) is 36.5 Å². The molecule has 0 aliphatic carbocycles. The van der Waals surface area contributed by atoms with Crippen molar-refractivity contribution in [1.82, 2.24) is 10.2 Å². The zero-order valence-corrected chi connectivity index (χ0v) is 9.00. The maximum atomic E-state index is 11.8.